The van der Waals surface area contributed by atoms with Gasteiger partial charge in [0.1, 0.15) is 11.7 Å². The molecule has 1 saturated heterocycles. The van der Waals surface area contributed by atoms with E-state index in [1.165, 1.54) is 33.5 Å². The highest BCUT2D eigenvalue weighted by Crippen LogP contribution is 2.24. The smallest absolute Gasteiger partial charge is 0.275 e. The van der Waals surface area contributed by atoms with Crippen LogP contribution in [0.5, 0.6) is 0 Å². The molecule has 29 heavy (non-hydrogen) atoms. The average molecular weight is 411 g/mol. The highest BCUT2D eigenvalue weighted by Gasteiger charge is 2.36. The molecule has 1 fully saturated rings. The third-order valence-electron chi connectivity index (χ3n) is 4.54. The third-order valence-corrected chi connectivity index (χ3v) is 5.55. The highest BCUT2D eigenvalue weighted by molar-refractivity contribution is 7.99. The Morgan fingerprint density at radius 2 is 2.03 bits per heavy atom. The SMILES string of the molecule is CCCCn1nc(C(=O)N2CSCC2C(=O)Nc2ccc(C#N)cc2)ccc1=O. The van der Waals surface area contributed by atoms with Crippen LogP contribution >= 0.6 is 11.8 Å². The Kier molecular flexibility index (Phi) is 6.67. The predicted molar refractivity (Wildman–Crippen MR) is 110 cm³/mol. The largest absolute Gasteiger partial charge is 0.324 e. The zero-order valence-electron chi connectivity index (χ0n) is 16.0. The van der Waals surface area contributed by atoms with Gasteiger partial charge < -0.3 is 10.2 Å². The minimum absolute atomic E-state index is 0.152. The van der Waals surface area contributed by atoms with Crippen molar-refractivity contribution in [1.82, 2.24) is 14.7 Å². The lowest BCUT2D eigenvalue weighted by Gasteiger charge is -2.23. The number of nitriles is 1. The van der Waals surface area contributed by atoms with E-state index in [9.17, 15) is 14.4 Å². The Morgan fingerprint density at radius 1 is 1.28 bits per heavy atom. The number of nitrogens with zero attached hydrogens (tertiary/aromatic N) is 4. The second kappa shape index (κ2) is 9.39. The topological polar surface area (TPSA) is 108 Å². The quantitative estimate of drug-likeness (QED) is 0.780. The van der Waals surface area contributed by atoms with Crippen LogP contribution in [0.25, 0.3) is 0 Å². The van der Waals surface area contributed by atoms with Crippen molar-refractivity contribution in [1.29, 1.82) is 5.26 Å². The van der Waals surface area contributed by atoms with Gasteiger partial charge in [0.15, 0.2) is 0 Å². The van der Waals surface area contributed by atoms with Gasteiger partial charge in [-0.1, -0.05) is 13.3 Å². The molecule has 1 aromatic carbocycles. The van der Waals surface area contributed by atoms with Crippen LogP contribution in [0.3, 0.4) is 0 Å². The van der Waals surface area contributed by atoms with Gasteiger partial charge in [-0.2, -0.15) is 10.4 Å². The van der Waals surface area contributed by atoms with Gasteiger partial charge in [-0.05, 0) is 36.8 Å². The molecule has 0 spiro atoms. The van der Waals surface area contributed by atoms with E-state index in [0.29, 0.717) is 29.4 Å². The van der Waals surface area contributed by atoms with E-state index in [-0.39, 0.29) is 23.1 Å². The zero-order valence-corrected chi connectivity index (χ0v) is 16.8. The van der Waals surface area contributed by atoms with Gasteiger partial charge in [0.25, 0.3) is 11.5 Å². The molecule has 2 heterocycles. The zero-order chi connectivity index (χ0) is 20.8. The van der Waals surface area contributed by atoms with Crippen molar-refractivity contribution >= 4 is 29.3 Å². The number of hydrogen-bond donors (Lipinski definition) is 1. The molecule has 1 aliphatic heterocycles. The van der Waals surface area contributed by atoms with Crippen LogP contribution in [0.1, 0.15) is 35.8 Å². The first-order chi connectivity index (χ1) is 14.0. The van der Waals surface area contributed by atoms with Gasteiger partial charge in [-0.25, -0.2) is 4.68 Å². The van der Waals surface area contributed by atoms with E-state index < -0.39 is 6.04 Å². The lowest BCUT2D eigenvalue weighted by molar-refractivity contribution is -0.119. The summed E-state index contributed by atoms with van der Waals surface area (Å²) in [6.07, 6.45) is 1.70. The number of aromatic nitrogens is 2. The summed E-state index contributed by atoms with van der Waals surface area (Å²) in [6, 6.07) is 10.7. The average Bonchev–Trinajstić information content (AvgIpc) is 3.23. The maximum absolute atomic E-state index is 13.0. The van der Waals surface area contributed by atoms with E-state index in [1.54, 1.807) is 24.3 Å². The second-order valence-corrected chi connectivity index (χ2v) is 7.60. The fraction of sp³-hybridized carbons (Fsp3) is 0.350. The summed E-state index contributed by atoms with van der Waals surface area (Å²) in [7, 11) is 0. The second-order valence-electron chi connectivity index (χ2n) is 6.60. The van der Waals surface area contributed by atoms with Crippen LogP contribution < -0.4 is 10.9 Å². The van der Waals surface area contributed by atoms with E-state index >= 15 is 0 Å². The van der Waals surface area contributed by atoms with Crippen molar-refractivity contribution in [2.24, 2.45) is 0 Å². The van der Waals surface area contributed by atoms with Crippen LogP contribution in [0, 0.1) is 11.3 Å². The molecule has 2 aromatic rings. The molecule has 8 nitrogen and oxygen atoms in total. The molecular weight excluding hydrogens is 390 g/mol. The summed E-state index contributed by atoms with van der Waals surface area (Å²) < 4.78 is 1.30. The van der Waals surface area contributed by atoms with Crippen LogP contribution in [-0.4, -0.2) is 44.2 Å². The monoisotopic (exact) mass is 411 g/mol. The number of anilines is 1. The Hall–Kier alpha value is -3.12. The Balaban J connectivity index is 1.74. The summed E-state index contributed by atoms with van der Waals surface area (Å²) in [5.74, 6) is 0.177. The van der Waals surface area contributed by atoms with E-state index in [2.05, 4.69) is 10.4 Å². The number of aryl methyl sites for hydroxylation is 1. The Labute approximate surface area is 172 Å². The first-order valence-corrected chi connectivity index (χ1v) is 10.5. The Bertz CT molecular complexity index is 996. The molecule has 0 radical (unpaired) electrons. The number of rotatable bonds is 6. The molecule has 9 heteroatoms. The number of nitrogens with one attached hydrogen (secondary N) is 1. The molecular formula is C20H21N5O3S. The third kappa shape index (κ3) is 4.84. The van der Waals surface area contributed by atoms with Crippen molar-refractivity contribution in [2.75, 3.05) is 16.9 Å². The number of carbonyl (C=O) groups excluding carboxylic acids is 2. The van der Waals surface area contributed by atoms with E-state index in [4.69, 9.17) is 5.26 Å². The highest BCUT2D eigenvalue weighted by atomic mass is 32.2. The summed E-state index contributed by atoms with van der Waals surface area (Å²) in [5, 5.41) is 15.8. The molecule has 0 bridgehead atoms. The normalized spacial score (nSPS) is 15.7. The van der Waals surface area contributed by atoms with Crippen molar-refractivity contribution in [2.45, 2.75) is 32.4 Å². The van der Waals surface area contributed by atoms with Crippen LogP contribution in [-0.2, 0) is 11.3 Å². The minimum atomic E-state index is -0.638. The molecule has 2 amide bonds. The van der Waals surface area contributed by atoms with E-state index in [0.717, 1.165) is 12.8 Å². The molecule has 150 valence electrons. The van der Waals surface area contributed by atoms with Crippen LogP contribution in [0.15, 0.2) is 41.2 Å². The molecule has 1 atom stereocenters. The fourth-order valence-electron chi connectivity index (χ4n) is 2.89. The molecule has 0 saturated carbocycles. The maximum Gasteiger partial charge on any atom is 0.275 e. The van der Waals surface area contributed by atoms with Crippen molar-refractivity contribution < 1.29 is 9.59 Å². The number of amides is 2. The lowest BCUT2D eigenvalue weighted by atomic mass is 10.2. The summed E-state index contributed by atoms with van der Waals surface area (Å²) in [5.41, 5.74) is 0.963. The number of benzene rings is 1. The standard InChI is InChI=1S/C20H21N5O3S/c1-2-3-10-25-18(26)9-8-16(23-25)20(28)24-13-29-12-17(24)19(27)22-15-6-4-14(11-21)5-7-15/h4-9,17H,2-3,10,12-13H2,1H3,(H,22,27). The molecule has 1 unspecified atom stereocenters. The summed E-state index contributed by atoms with van der Waals surface area (Å²) in [4.78, 5) is 39.1. The fourth-order valence-corrected chi connectivity index (χ4v) is 4.05. The van der Waals surface area contributed by atoms with Gasteiger partial charge in [-0.15, -0.1) is 11.8 Å². The first-order valence-electron chi connectivity index (χ1n) is 9.31. The molecule has 0 aliphatic carbocycles. The van der Waals surface area contributed by atoms with Gasteiger partial charge in [0, 0.05) is 24.1 Å². The maximum atomic E-state index is 13.0. The van der Waals surface area contributed by atoms with Gasteiger partial charge >= 0.3 is 0 Å². The number of unbranched alkanes of at least 4 members (excludes halogenated alkanes) is 1. The lowest BCUT2D eigenvalue weighted by Crippen LogP contribution is -2.45. The molecule has 1 aromatic heterocycles. The Morgan fingerprint density at radius 3 is 2.72 bits per heavy atom. The molecule has 1 N–H and O–H groups in total. The summed E-state index contributed by atoms with van der Waals surface area (Å²) in [6.45, 7) is 2.46. The first kappa shape index (κ1) is 20.6. The van der Waals surface area contributed by atoms with Crippen LogP contribution in [0.4, 0.5) is 5.69 Å². The molecule has 3 rings (SSSR count). The molecule has 1 aliphatic rings. The predicted octanol–water partition coefficient (Wildman–Crippen LogP) is 2.07. The van der Waals surface area contributed by atoms with E-state index in [1.807, 2.05) is 13.0 Å². The number of thioether (sulfide) groups is 1. The van der Waals surface area contributed by atoms with Gasteiger partial charge in [-0.3, -0.25) is 14.4 Å². The van der Waals surface area contributed by atoms with Crippen molar-refractivity contribution in [3.8, 4) is 6.07 Å². The van der Waals surface area contributed by atoms with Crippen molar-refractivity contribution in [3.63, 3.8) is 0 Å². The van der Waals surface area contributed by atoms with Crippen LogP contribution in [0.2, 0.25) is 0 Å². The van der Waals surface area contributed by atoms with Gasteiger partial charge in [0.05, 0.1) is 17.5 Å². The van der Waals surface area contributed by atoms with Crippen molar-refractivity contribution in [3.05, 3.63) is 58.0 Å². The minimum Gasteiger partial charge on any atom is -0.324 e. The number of carbonyl (C=O) groups is 2. The number of hydrogen-bond acceptors (Lipinski definition) is 6. The van der Waals surface area contributed by atoms with Gasteiger partial charge in [0.2, 0.25) is 5.91 Å². The summed E-state index contributed by atoms with van der Waals surface area (Å²) >= 11 is 1.48.